The van der Waals surface area contributed by atoms with Crippen LogP contribution >= 0.6 is 11.6 Å². The predicted molar refractivity (Wildman–Crippen MR) is 156 cm³/mol. The van der Waals surface area contributed by atoms with Crippen molar-refractivity contribution in [1.29, 1.82) is 0 Å². The van der Waals surface area contributed by atoms with E-state index in [-0.39, 0.29) is 40.3 Å². The molecule has 4 rings (SSSR count). The van der Waals surface area contributed by atoms with Gasteiger partial charge in [0.25, 0.3) is 17.4 Å². The van der Waals surface area contributed by atoms with Gasteiger partial charge in [-0.1, -0.05) is 41.9 Å². The fourth-order valence-corrected chi connectivity index (χ4v) is 4.32. The molecule has 11 heteroatoms. The van der Waals surface area contributed by atoms with E-state index in [9.17, 15) is 19.2 Å². The standard InChI is InChI=1S/C30H30ClN5O5/c1-30(2,3)41-25(37)11-7-10-23(18-8-5-4-6-9-18)34-27(38)19-12-13-22(31)24(15-19)35-28(39)21-14-20-16-32-17-33-26(20)36-29(21)40/h4-6,8-9,12-17,23H,7,10-11H2,1-3H3,(H,34,38)(H,35,39)(H,32,33,36,40). The van der Waals surface area contributed by atoms with Crippen molar-refractivity contribution in [2.24, 2.45) is 0 Å². The number of aromatic nitrogens is 3. The minimum absolute atomic E-state index is 0.160. The monoisotopic (exact) mass is 575 g/mol. The summed E-state index contributed by atoms with van der Waals surface area (Å²) >= 11 is 6.32. The lowest BCUT2D eigenvalue weighted by atomic mass is 10.00. The quantitative estimate of drug-likeness (QED) is 0.232. The molecule has 0 bridgehead atoms. The molecule has 1 atom stereocenters. The number of amides is 2. The maximum atomic E-state index is 13.3. The third-order valence-electron chi connectivity index (χ3n) is 6.04. The molecule has 2 amide bonds. The Hall–Kier alpha value is -4.57. The van der Waals surface area contributed by atoms with E-state index in [2.05, 4.69) is 25.6 Å². The Morgan fingerprint density at radius 3 is 2.54 bits per heavy atom. The zero-order valence-corrected chi connectivity index (χ0v) is 23.6. The zero-order chi connectivity index (χ0) is 29.6. The molecule has 0 saturated carbocycles. The average molecular weight is 576 g/mol. The second-order valence-electron chi connectivity index (χ2n) is 10.4. The molecule has 0 aliphatic heterocycles. The van der Waals surface area contributed by atoms with Crippen LogP contribution in [0.3, 0.4) is 0 Å². The lowest BCUT2D eigenvalue weighted by Crippen LogP contribution is -2.29. The lowest BCUT2D eigenvalue weighted by Gasteiger charge is -2.21. The number of halogens is 1. The van der Waals surface area contributed by atoms with Crippen molar-refractivity contribution in [3.8, 4) is 0 Å². The SMILES string of the molecule is CC(C)(C)OC(=O)CCCC(NC(=O)c1ccc(Cl)c(NC(=O)c2cc3cncnc3[nH]c2=O)c1)c1ccccc1. The Balaban J connectivity index is 1.49. The number of rotatable bonds is 9. The van der Waals surface area contributed by atoms with E-state index in [1.807, 2.05) is 51.1 Å². The summed E-state index contributed by atoms with van der Waals surface area (Å²) in [6.07, 6.45) is 3.98. The normalized spacial score (nSPS) is 12.0. The number of pyridine rings is 1. The first-order valence-electron chi connectivity index (χ1n) is 13.0. The van der Waals surface area contributed by atoms with Crippen LogP contribution in [0.25, 0.3) is 11.0 Å². The number of benzene rings is 2. The number of H-pyrrole nitrogens is 1. The molecule has 0 spiro atoms. The number of nitrogens with one attached hydrogen (secondary N) is 3. The molecule has 0 fully saturated rings. The van der Waals surface area contributed by atoms with Crippen molar-refractivity contribution in [2.45, 2.75) is 51.7 Å². The number of hydrogen-bond acceptors (Lipinski definition) is 7. The minimum atomic E-state index is -0.708. The number of hydrogen-bond donors (Lipinski definition) is 3. The molecule has 2 aromatic heterocycles. The van der Waals surface area contributed by atoms with Crippen molar-refractivity contribution in [2.75, 3.05) is 5.32 Å². The van der Waals surface area contributed by atoms with Gasteiger partial charge >= 0.3 is 5.97 Å². The smallest absolute Gasteiger partial charge is 0.306 e. The number of carbonyl (C=O) groups is 3. The third kappa shape index (κ3) is 7.98. The molecule has 41 heavy (non-hydrogen) atoms. The van der Waals surface area contributed by atoms with Crippen LogP contribution in [0.1, 0.15) is 72.4 Å². The second kappa shape index (κ2) is 12.7. The van der Waals surface area contributed by atoms with Gasteiger partial charge in [0.1, 0.15) is 23.1 Å². The van der Waals surface area contributed by atoms with E-state index >= 15 is 0 Å². The van der Waals surface area contributed by atoms with Crippen molar-refractivity contribution in [3.63, 3.8) is 0 Å². The molecule has 2 heterocycles. The van der Waals surface area contributed by atoms with E-state index in [1.54, 1.807) is 0 Å². The first-order valence-corrected chi connectivity index (χ1v) is 13.4. The van der Waals surface area contributed by atoms with Crippen molar-refractivity contribution in [3.05, 3.63) is 99.2 Å². The molecule has 2 aromatic carbocycles. The summed E-state index contributed by atoms with van der Waals surface area (Å²) in [5.74, 6) is -1.41. The Kier molecular flexibility index (Phi) is 9.14. The lowest BCUT2D eigenvalue weighted by molar-refractivity contribution is -0.154. The van der Waals surface area contributed by atoms with Gasteiger partial charge in [-0.2, -0.15) is 0 Å². The van der Waals surface area contributed by atoms with Crippen LogP contribution < -0.4 is 16.2 Å². The number of fused-ring (bicyclic) bond motifs is 1. The van der Waals surface area contributed by atoms with E-state index in [0.29, 0.717) is 23.9 Å². The van der Waals surface area contributed by atoms with Gasteiger partial charge in [0.2, 0.25) is 0 Å². The van der Waals surface area contributed by atoms with Crippen LogP contribution in [0.5, 0.6) is 0 Å². The van der Waals surface area contributed by atoms with Crippen LogP contribution in [-0.4, -0.2) is 38.3 Å². The average Bonchev–Trinajstić information content (AvgIpc) is 2.92. The predicted octanol–water partition coefficient (Wildman–Crippen LogP) is 5.21. The van der Waals surface area contributed by atoms with Gasteiger partial charge in [-0.3, -0.25) is 19.2 Å². The Bertz CT molecular complexity index is 1630. The molecule has 0 aliphatic carbocycles. The number of esters is 1. The Morgan fingerprint density at radius 2 is 1.80 bits per heavy atom. The highest BCUT2D eigenvalue weighted by molar-refractivity contribution is 6.34. The van der Waals surface area contributed by atoms with Gasteiger partial charge < -0.3 is 20.4 Å². The minimum Gasteiger partial charge on any atom is -0.460 e. The first kappa shape index (κ1) is 29.4. The fourth-order valence-electron chi connectivity index (χ4n) is 4.16. The van der Waals surface area contributed by atoms with Crippen molar-refractivity contribution in [1.82, 2.24) is 20.3 Å². The third-order valence-corrected chi connectivity index (χ3v) is 6.37. The van der Waals surface area contributed by atoms with Crippen LogP contribution in [-0.2, 0) is 9.53 Å². The van der Waals surface area contributed by atoms with Gasteiger partial charge in [-0.05, 0) is 63.4 Å². The van der Waals surface area contributed by atoms with Gasteiger partial charge in [0.05, 0.1) is 16.8 Å². The topological polar surface area (TPSA) is 143 Å². The molecule has 0 saturated heterocycles. The first-order chi connectivity index (χ1) is 19.5. The summed E-state index contributed by atoms with van der Waals surface area (Å²) < 4.78 is 5.39. The summed E-state index contributed by atoms with van der Waals surface area (Å²) in [6, 6.07) is 14.9. The number of ether oxygens (including phenoxy) is 1. The summed E-state index contributed by atoms with van der Waals surface area (Å²) in [4.78, 5) is 61.4. The van der Waals surface area contributed by atoms with E-state index in [1.165, 1.54) is 36.8 Å². The van der Waals surface area contributed by atoms with Gasteiger partial charge in [-0.15, -0.1) is 0 Å². The molecule has 10 nitrogen and oxygen atoms in total. The largest absolute Gasteiger partial charge is 0.460 e. The highest BCUT2D eigenvalue weighted by atomic mass is 35.5. The number of carbonyl (C=O) groups excluding carboxylic acids is 3. The second-order valence-corrected chi connectivity index (χ2v) is 10.8. The summed E-state index contributed by atoms with van der Waals surface area (Å²) in [5.41, 5.74) is 0.239. The van der Waals surface area contributed by atoms with Gasteiger partial charge in [-0.25, -0.2) is 9.97 Å². The summed E-state index contributed by atoms with van der Waals surface area (Å²) in [6.45, 7) is 5.45. The summed E-state index contributed by atoms with van der Waals surface area (Å²) in [7, 11) is 0. The molecule has 0 aliphatic rings. The summed E-state index contributed by atoms with van der Waals surface area (Å²) in [5, 5.41) is 6.30. The van der Waals surface area contributed by atoms with Crippen molar-refractivity contribution < 1.29 is 19.1 Å². The highest BCUT2D eigenvalue weighted by Gasteiger charge is 2.20. The van der Waals surface area contributed by atoms with Crippen molar-refractivity contribution >= 4 is 46.1 Å². The molecule has 3 N–H and O–H groups in total. The number of nitrogens with zero attached hydrogens (tertiary/aromatic N) is 2. The maximum Gasteiger partial charge on any atom is 0.306 e. The van der Waals surface area contributed by atoms with E-state index in [0.717, 1.165) is 5.56 Å². The molecule has 0 radical (unpaired) electrons. The Labute approximate surface area is 241 Å². The number of anilines is 1. The fraction of sp³-hybridized carbons (Fsp3) is 0.267. The van der Waals surface area contributed by atoms with Crippen LogP contribution in [0.4, 0.5) is 5.69 Å². The van der Waals surface area contributed by atoms with Gasteiger partial charge in [0.15, 0.2) is 0 Å². The highest BCUT2D eigenvalue weighted by Crippen LogP contribution is 2.26. The Morgan fingerprint density at radius 1 is 1.05 bits per heavy atom. The van der Waals surface area contributed by atoms with Crippen LogP contribution in [0, 0.1) is 0 Å². The van der Waals surface area contributed by atoms with Crippen LogP contribution in [0.2, 0.25) is 5.02 Å². The van der Waals surface area contributed by atoms with Gasteiger partial charge in [0, 0.05) is 23.6 Å². The zero-order valence-electron chi connectivity index (χ0n) is 22.9. The molecule has 4 aromatic rings. The van der Waals surface area contributed by atoms with E-state index in [4.69, 9.17) is 16.3 Å². The molecular weight excluding hydrogens is 546 g/mol. The maximum absolute atomic E-state index is 13.3. The molecule has 212 valence electrons. The van der Waals surface area contributed by atoms with E-state index < -0.39 is 23.0 Å². The molecule has 1 unspecified atom stereocenters. The number of aromatic amines is 1. The van der Waals surface area contributed by atoms with Crippen LogP contribution in [0.15, 0.2) is 71.9 Å². The molecular formula is C30H30ClN5O5.